The van der Waals surface area contributed by atoms with Gasteiger partial charge in [0.1, 0.15) is 5.60 Å². The van der Waals surface area contributed by atoms with Gasteiger partial charge in [-0.1, -0.05) is 18.2 Å². The van der Waals surface area contributed by atoms with E-state index in [4.69, 9.17) is 4.74 Å². The maximum atomic E-state index is 12.4. The van der Waals surface area contributed by atoms with Crippen molar-refractivity contribution in [2.75, 3.05) is 57.8 Å². The molecule has 1 unspecified atom stereocenters. The van der Waals surface area contributed by atoms with Gasteiger partial charge in [-0.2, -0.15) is 0 Å². The first-order valence-corrected chi connectivity index (χ1v) is 11.1. The van der Waals surface area contributed by atoms with E-state index in [-0.39, 0.29) is 6.09 Å². The average Bonchev–Trinajstić information content (AvgIpc) is 2.74. The summed E-state index contributed by atoms with van der Waals surface area (Å²) in [4.78, 5) is 23.5. The van der Waals surface area contributed by atoms with Gasteiger partial charge in [-0.05, 0) is 51.7 Å². The average molecular weight is 416 g/mol. The number of piperazine rings is 1. The predicted octanol–water partition coefficient (Wildman–Crippen LogP) is 3.03. The van der Waals surface area contributed by atoms with Crippen molar-refractivity contribution < 1.29 is 9.53 Å². The summed E-state index contributed by atoms with van der Waals surface area (Å²) in [6.45, 7) is 11.9. The molecule has 7 heteroatoms. The van der Waals surface area contributed by atoms with Crippen molar-refractivity contribution in [1.29, 1.82) is 0 Å². The Kier molecular flexibility index (Phi) is 7.45. The van der Waals surface area contributed by atoms with Crippen LogP contribution in [0.5, 0.6) is 0 Å². The Morgan fingerprint density at radius 1 is 1.10 bits per heavy atom. The van der Waals surface area contributed by atoms with Gasteiger partial charge in [0.2, 0.25) is 0 Å². The lowest BCUT2D eigenvalue weighted by Gasteiger charge is -2.38. The van der Waals surface area contributed by atoms with E-state index in [0.717, 1.165) is 64.6 Å². The number of ether oxygens (including phenoxy) is 1. The fraction of sp³-hybridized carbons (Fsp3) is 0.652. The van der Waals surface area contributed by atoms with E-state index < -0.39 is 5.60 Å². The molecule has 2 aliphatic rings. The van der Waals surface area contributed by atoms with Crippen LogP contribution >= 0.6 is 0 Å². The molecule has 1 aromatic carbocycles. The number of aliphatic imine (C=N–C) groups is 1. The van der Waals surface area contributed by atoms with E-state index in [2.05, 4.69) is 50.4 Å². The van der Waals surface area contributed by atoms with Gasteiger partial charge in [0.25, 0.3) is 0 Å². The van der Waals surface area contributed by atoms with Crippen molar-refractivity contribution in [1.82, 2.24) is 15.1 Å². The number of likely N-dealkylation sites (tertiary alicyclic amines) is 1. The summed E-state index contributed by atoms with van der Waals surface area (Å²) in [6.07, 6.45) is 1.93. The first-order chi connectivity index (χ1) is 14.4. The van der Waals surface area contributed by atoms with Gasteiger partial charge in [-0.25, -0.2) is 4.79 Å². The molecule has 0 aliphatic carbocycles. The second-order valence-electron chi connectivity index (χ2n) is 9.17. The number of anilines is 1. The van der Waals surface area contributed by atoms with E-state index in [9.17, 15) is 4.79 Å². The zero-order chi connectivity index (χ0) is 21.6. The van der Waals surface area contributed by atoms with Crippen LogP contribution in [0.4, 0.5) is 10.5 Å². The molecule has 3 rings (SSSR count). The SMILES string of the molecule is CN=C(NCC1CCCN(C(=O)OC(C)(C)C)C1)N1CCN(c2ccccc2)CC1. The van der Waals surface area contributed by atoms with Crippen LogP contribution in [0.15, 0.2) is 35.3 Å². The van der Waals surface area contributed by atoms with Gasteiger partial charge in [0.15, 0.2) is 5.96 Å². The molecule has 2 heterocycles. The van der Waals surface area contributed by atoms with Gasteiger partial charge < -0.3 is 24.8 Å². The summed E-state index contributed by atoms with van der Waals surface area (Å²) in [7, 11) is 1.85. The number of hydrogen-bond acceptors (Lipinski definition) is 4. The molecule has 1 atom stereocenters. The fourth-order valence-electron chi connectivity index (χ4n) is 4.11. The summed E-state index contributed by atoms with van der Waals surface area (Å²) >= 11 is 0. The lowest BCUT2D eigenvalue weighted by Crippen LogP contribution is -2.54. The minimum Gasteiger partial charge on any atom is -0.444 e. The molecule has 30 heavy (non-hydrogen) atoms. The highest BCUT2D eigenvalue weighted by Crippen LogP contribution is 2.19. The number of carbonyl (C=O) groups excluding carboxylic acids is 1. The van der Waals surface area contributed by atoms with Crippen molar-refractivity contribution in [2.24, 2.45) is 10.9 Å². The van der Waals surface area contributed by atoms with Gasteiger partial charge in [-0.3, -0.25) is 4.99 Å². The van der Waals surface area contributed by atoms with E-state index in [0.29, 0.717) is 5.92 Å². The molecule has 2 aliphatic heterocycles. The normalized spacial score (nSPS) is 20.9. The number of piperidine rings is 1. The molecule has 166 valence electrons. The van der Waals surface area contributed by atoms with Crippen molar-refractivity contribution in [2.45, 2.75) is 39.2 Å². The van der Waals surface area contributed by atoms with Crippen LogP contribution in [0.25, 0.3) is 0 Å². The Labute approximate surface area is 181 Å². The molecule has 7 nitrogen and oxygen atoms in total. The topological polar surface area (TPSA) is 60.4 Å². The molecule has 0 radical (unpaired) electrons. The first kappa shape index (κ1) is 22.2. The molecular formula is C23H37N5O2. The molecule has 2 saturated heterocycles. The number of amides is 1. The third-order valence-electron chi connectivity index (χ3n) is 5.63. The van der Waals surface area contributed by atoms with Gasteiger partial charge in [0, 0.05) is 58.5 Å². The minimum atomic E-state index is -0.452. The largest absolute Gasteiger partial charge is 0.444 e. The smallest absolute Gasteiger partial charge is 0.410 e. The zero-order valence-electron chi connectivity index (χ0n) is 18.9. The number of nitrogens with one attached hydrogen (secondary N) is 1. The number of benzene rings is 1. The Balaban J connectivity index is 1.46. The number of para-hydroxylation sites is 1. The van der Waals surface area contributed by atoms with Crippen LogP contribution in [-0.2, 0) is 4.74 Å². The highest BCUT2D eigenvalue weighted by Gasteiger charge is 2.28. The standard InChI is InChI=1S/C23H37N5O2/c1-23(2,3)30-22(29)28-12-8-9-19(18-28)17-25-21(24-4)27-15-13-26(14-16-27)20-10-6-5-7-11-20/h5-7,10-11,19H,8-9,12-18H2,1-4H3,(H,24,25). The highest BCUT2D eigenvalue weighted by atomic mass is 16.6. The van der Waals surface area contributed by atoms with E-state index >= 15 is 0 Å². The lowest BCUT2D eigenvalue weighted by molar-refractivity contribution is 0.0168. The third kappa shape index (κ3) is 6.28. The predicted molar refractivity (Wildman–Crippen MR) is 122 cm³/mol. The zero-order valence-corrected chi connectivity index (χ0v) is 18.9. The van der Waals surface area contributed by atoms with Crippen molar-refractivity contribution in [3.63, 3.8) is 0 Å². The Morgan fingerprint density at radius 2 is 1.80 bits per heavy atom. The van der Waals surface area contributed by atoms with Crippen LogP contribution < -0.4 is 10.2 Å². The molecule has 1 N–H and O–H groups in total. The number of nitrogens with zero attached hydrogens (tertiary/aromatic N) is 4. The maximum absolute atomic E-state index is 12.4. The molecule has 0 bridgehead atoms. The van der Waals surface area contributed by atoms with Crippen LogP contribution in [0.2, 0.25) is 0 Å². The van der Waals surface area contributed by atoms with E-state index in [1.807, 2.05) is 32.7 Å². The summed E-state index contributed by atoms with van der Waals surface area (Å²) in [5.74, 6) is 1.37. The van der Waals surface area contributed by atoms with Crippen LogP contribution in [0.3, 0.4) is 0 Å². The molecule has 0 aromatic heterocycles. The second-order valence-corrected chi connectivity index (χ2v) is 9.17. The Morgan fingerprint density at radius 3 is 2.43 bits per heavy atom. The molecule has 1 amide bonds. The lowest BCUT2D eigenvalue weighted by atomic mass is 9.98. The molecular weight excluding hydrogens is 378 g/mol. The minimum absolute atomic E-state index is 0.200. The monoisotopic (exact) mass is 415 g/mol. The van der Waals surface area contributed by atoms with Crippen molar-refractivity contribution in [3.05, 3.63) is 30.3 Å². The first-order valence-electron chi connectivity index (χ1n) is 11.1. The highest BCUT2D eigenvalue weighted by molar-refractivity contribution is 5.80. The number of rotatable bonds is 3. The van der Waals surface area contributed by atoms with Gasteiger partial charge in [-0.15, -0.1) is 0 Å². The van der Waals surface area contributed by atoms with E-state index in [1.54, 1.807) is 0 Å². The summed E-state index contributed by atoms with van der Waals surface area (Å²) in [5, 5.41) is 3.55. The molecule has 0 spiro atoms. The number of carbonyl (C=O) groups is 1. The van der Waals surface area contributed by atoms with Gasteiger partial charge in [0.05, 0.1) is 0 Å². The third-order valence-corrected chi connectivity index (χ3v) is 5.63. The van der Waals surface area contributed by atoms with Crippen molar-refractivity contribution in [3.8, 4) is 0 Å². The number of hydrogen-bond donors (Lipinski definition) is 1. The van der Waals surface area contributed by atoms with Crippen LogP contribution in [0, 0.1) is 5.92 Å². The summed E-state index contributed by atoms with van der Waals surface area (Å²) in [5.41, 5.74) is 0.830. The number of guanidine groups is 1. The van der Waals surface area contributed by atoms with Crippen LogP contribution in [0.1, 0.15) is 33.6 Å². The molecule has 2 fully saturated rings. The summed E-state index contributed by atoms with van der Waals surface area (Å²) < 4.78 is 5.54. The fourth-order valence-corrected chi connectivity index (χ4v) is 4.11. The second kappa shape index (κ2) is 10.0. The summed E-state index contributed by atoms with van der Waals surface area (Å²) in [6, 6.07) is 10.6. The Bertz CT molecular complexity index is 708. The van der Waals surface area contributed by atoms with Gasteiger partial charge >= 0.3 is 6.09 Å². The quantitative estimate of drug-likeness (QED) is 0.607. The maximum Gasteiger partial charge on any atom is 0.410 e. The van der Waals surface area contributed by atoms with Crippen LogP contribution in [-0.4, -0.2) is 80.3 Å². The van der Waals surface area contributed by atoms with E-state index in [1.165, 1.54) is 5.69 Å². The molecule has 1 aromatic rings. The van der Waals surface area contributed by atoms with Crippen molar-refractivity contribution >= 4 is 17.7 Å². The molecule has 0 saturated carbocycles. The Hall–Kier alpha value is -2.44.